The number of amides is 2. The van der Waals surface area contributed by atoms with E-state index < -0.39 is 0 Å². The summed E-state index contributed by atoms with van der Waals surface area (Å²) in [5, 5.41) is 3.02. The lowest BCUT2D eigenvalue weighted by Gasteiger charge is -2.39. The molecule has 2 saturated heterocycles. The lowest BCUT2D eigenvalue weighted by atomic mass is 9.94. The molecule has 3 rings (SSSR count). The Bertz CT molecular complexity index is 590. The van der Waals surface area contributed by atoms with Gasteiger partial charge in [0, 0.05) is 31.2 Å². The fourth-order valence-corrected chi connectivity index (χ4v) is 3.38. The van der Waals surface area contributed by atoms with Gasteiger partial charge in [0.15, 0.2) is 0 Å². The Morgan fingerprint density at radius 1 is 1.39 bits per heavy atom. The highest BCUT2D eigenvalue weighted by atomic mass is 16.2. The molecule has 2 aliphatic rings. The Balaban J connectivity index is 1.59. The van der Waals surface area contributed by atoms with Crippen LogP contribution in [-0.2, 0) is 9.59 Å². The second-order valence-corrected chi connectivity index (χ2v) is 6.48. The van der Waals surface area contributed by atoms with Gasteiger partial charge in [-0.25, -0.2) is 5.43 Å². The molecular weight excluding hydrogens is 292 g/mol. The number of aryl methyl sites for hydroxylation is 1. The van der Waals surface area contributed by atoms with Crippen molar-refractivity contribution in [3.05, 3.63) is 29.8 Å². The van der Waals surface area contributed by atoms with Crippen molar-refractivity contribution in [1.82, 2.24) is 15.8 Å². The van der Waals surface area contributed by atoms with E-state index in [1.807, 2.05) is 31.2 Å². The van der Waals surface area contributed by atoms with Crippen LogP contribution in [0.3, 0.4) is 0 Å². The molecule has 23 heavy (non-hydrogen) atoms. The molecule has 6 nitrogen and oxygen atoms in total. The van der Waals surface area contributed by atoms with Crippen LogP contribution < -0.4 is 16.2 Å². The van der Waals surface area contributed by atoms with E-state index in [0.717, 1.165) is 43.7 Å². The quantitative estimate of drug-likeness (QED) is 0.779. The number of hydrogen-bond acceptors (Lipinski definition) is 4. The minimum absolute atomic E-state index is 0.0192. The van der Waals surface area contributed by atoms with Gasteiger partial charge in [0.25, 0.3) is 0 Å². The lowest BCUT2D eigenvalue weighted by molar-refractivity contribution is -0.126. The van der Waals surface area contributed by atoms with Crippen LogP contribution in [0.1, 0.15) is 24.8 Å². The Morgan fingerprint density at radius 3 is 3.04 bits per heavy atom. The maximum atomic E-state index is 12.5. The summed E-state index contributed by atoms with van der Waals surface area (Å²) in [5.74, 6) is 0.0790. The third-order valence-electron chi connectivity index (χ3n) is 4.61. The van der Waals surface area contributed by atoms with Crippen LogP contribution in [0.4, 0.5) is 5.69 Å². The van der Waals surface area contributed by atoms with Gasteiger partial charge in [0.05, 0.1) is 5.92 Å². The number of rotatable bonds is 3. The predicted molar refractivity (Wildman–Crippen MR) is 88.7 cm³/mol. The van der Waals surface area contributed by atoms with Gasteiger partial charge in [-0.1, -0.05) is 12.1 Å². The molecular formula is C17H24N4O2. The summed E-state index contributed by atoms with van der Waals surface area (Å²) in [6, 6.07) is 8.04. The predicted octanol–water partition coefficient (Wildman–Crippen LogP) is 1.04. The van der Waals surface area contributed by atoms with Gasteiger partial charge in [0.2, 0.25) is 11.8 Å². The van der Waals surface area contributed by atoms with Crippen molar-refractivity contribution in [2.45, 2.75) is 32.2 Å². The zero-order valence-electron chi connectivity index (χ0n) is 13.5. The zero-order valence-corrected chi connectivity index (χ0v) is 13.5. The highest BCUT2D eigenvalue weighted by Crippen LogP contribution is 2.22. The number of carbonyl (C=O) groups is 2. The fourth-order valence-electron chi connectivity index (χ4n) is 3.38. The van der Waals surface area contributed by atoms with Crippen LogP contribution in [0.15, 0.2) is 24.3 Å². The van der Waals surface area contributed by atoms with E-state index in [9.17, 15) is 9.59 Å². The second kappa shape index (κ2) is 7.10. The summed E-state index contributed by atoms with van der Waals surface area (Å²) >= 11 is 0. The second-order valence-electron chi connectivity index (χ2n) is 6.48. The standard InChI is InChI=1S/C17H24N4O2/c1-12-4-2-6-14(8-12)19-17(23)13-5-3-7-21(11-13)15-9-16(22)20-18-10-15/h2,4,6,8,13,15,18H,3,5,7,9-11H2,1H3,(H,19,23)(H,20,22). The van der Waals surface area contributed by atoms with Crippen molar-refractivity contribution in [3.63, 3.8) is 0 Å². The van der Waals surface area contributed by atoms with Crippen LogP contribution in [0.5, 0.6) is 0 Å². The van der Waals surface area contributed by atoms with Gasteiger partial charge in [-0.15, -0.1) is 0 Å². The van der Waals surface area contributed by atoms with E-state index in [-0.39, 0.29) is 23.8 Å². The molecule has 0 spiro atoms. The van der Waals surface area contributed by atoms with Gasteiger partial charge in [0.1, 0.15) is 0 Å². The number of benzene rings is 1. The molecule has 6 heteroatoms. The number of piperidine rings is 1. The van der Waals surface area contributed by atoms with Gasteiger partial charge < -0.3 is 5.32 Å². The average Bonchev–Trinajstić information content (AvgIpc) is 2.55. The highest BCUT2D eigenvalue weighted by molar-refractivity contribution is 5.92. The summed E-state index contributed by atoms with van der Waals surface area (Å²) in [7, 11) is 0. The summed E-state index contributed by atoms with van der Waals surface area (Å²) in [4.78, 5) is 26.3. The molecule has 2 unspecified atom stereocenters. The maximum Gasteiger partial charge on any atom is 0.235 e. The van der Waals surface area contributed by atoms with Crippen molar-refractivity contribution >= 4 is 17.5 Å². The Labute approximate surface area is 136 Å². The lowest BCUT2D eigenvalue weighted by Crippen LogP contribution is -2.57. The number of likely N-dealkylation sites (tertiary alicyclic amines) is 1. The summed E-state index contributed by atoms with van der Waals surface area (Å²) < 4.78 is 0. The molecule has 2 fully saturated rings. The van der Waals surface area contributed by atoms with Gasteiger partial charge in [-0.05, 0) is 44.0 Å². The number of nitrogens with one attached hydrogen (secondary N) is 3. The molecule has 0 aromatic heterocycles. The van der Waals surface area contributed by atoms with Crippen molar-refractivity contribution in [3.8, 4) is 0 Å². The molecule has 2 amide bonds. The Hall–Kier alpha value is -1.92. The number of anilines is 1. The van der Waals surface area contributed by atoms with E-state index in [1.165, 1.54) is 0 Å². The van der Waals surface area contributed by atoms with E-state index in [2.05, 4.69) is 21.1 Å². The van der Waals surface area contributed by atoms with Crippen LogP contribution in [-0.4, -0.2) is 42.4 Å². The molecule has 0 radical (unpaired) electrons. The summed E-state index contributed by atoms with van der Waals surface area (Å²) in [5.41, 5.74) is 7.54. The van der Waals surface area contributed by atoms with Gasteiger partial charge in [-0.2, -0.15) is 0 Å². The molecule has 0 saturated carbocycles. The first kappa shape index (κ1) is 16.0. The summed E-state index contributed by atoms with van der Waals surface area (Å²) in [6.45, 7) is 4.42. The number of carbonyl (C=O) groups excluding carboxylic acids is 2. The molecule has 3 N–H and O–H groups in total. The van der Waals surface area contributed by atoms with E-state index in [0.29, 0.717) is 6.42 Å². The summed E-state index contributed by atoms with van der Waals surface area (Å²) in [6.07, 6.45) is 2.39. The minimum atomic E-state index is -0.0192. The fraction of sp³-hybridized carbons (Fsp3) is 0.529. The molecule has 2 heterocycles. The molecule has 124 valence electrons. The third kappa shape index (κ3) is 4.09. The number of hydrogen-bond donors (Lipinski definition) is 3. The largest absolute Gasteiger partial charge is 0.326 e. The monoisotopic (exact) mass is 316 g/mol. The number of hydrazine groups is 1. The first-order valence-corrected chi connectivity index (χ1v) is 8.25. The van der Waals surface area contributed by atoms with E-state index in [1.54, 1.807) is 0 Å². The maximum absolute atomic E-state index is 12.5. The topological polar surface area (TPSA) is 73.5 Å². The first-order valence-electron chi connectivity index (χ1n) is 8.25. The number of nitrogens with zero attached hydrogens (tertiary/aromatic N) is 1. The molecule has 2 aliphatic heterocycles. The Kier molecular flexibility index (Phi) is 4.93. The van der Waals surface area contributed by atoms with Crippen molar-refractivity contribution in [2.75, 3.05) is 25.0 Å². The third-order valence-corrected chi connectivity index (χ3v) is 4.61. The molecule has 0 bridgehead atoms. The van der Waals surface area contributed by atoms with Gasteiger partial charge in [-0.3, -0.25) is 19.9 Å². The molecule has 0 aliphatic carbocycles. The average molecular weight is 316 g/mol. The Morgan fingerprint density at radius 2 is 2.26 bits per heavy atom. The van der Waals surface area contributed by atoms with Crippen LogP contribution in [0.2, 0.25) is 0 Å². The van der Waals surface area contributed by atoms with Crippen molar-refractivity contribution < 1.29 is 9.59 Å². The molecule has 1 aromatic carbocycles. The first-order chi connectivity index (χ1) is 11.1. The molecule has 1 aromatic rings. The SMILES string of the molecule is Cc1cccc(NC(=O)C2CCCN(C3CNNC(=O)C3)C2)c1. The van der Waals surface area contributed by atoms with E-state index in [4.69, 9.17) is 0 Å². The normalized spacial score (nSPS) is 25.7. The van der Waals surface area contributed by atoms with Crippen LogP contribution >= 0.6 is 0 Å². The smallest absolute Gasteiger partial charge is 0.235 e. The minimum Gasteiger partial charge on any atom is -0.326 e. The van der Waals surface area contributed by atoms with Crippen LogP contribution in [0.25, 0.3) is 0 Å². The highest BCUT2D eigenvalue weighted by Gasteiger charge is 2.32. The van der Waals surface area contributed by atoms with Gasteiger partial charge >= 0.3 is 0 Å². The molecule has 2 atom stereocenters. The zero-order chi connectivity index (χ0) is 16.2. The van der Waals surface area contributed by atoms with Crippen molar-refractivity contribution in [2.24, 2.45) is 5.92 Å². The van der Waals surface area contributed by atoms with Crippen molar-refractivity contribution in [1.29, 1.82) is 0 Å². The van der Waals surface area contributed by atoms with Crippen LogP contribution in [0, 0.1) is 12.8 Å². The van der Waals surface area contributed by atoms with E-state index >= 15 is 0 Å².